The minimum absolute atomic E-state index is 0. The van der Waals surface area contributed by atoms with Crippen molar-refractivity contribution in [2.24, 2.45) is 0 Å². The molecular formula is C22H24ClFN2O2. The molecule has 1 unspecified atom stereocenters. The van der Waals surface area contributed by atoms with Gasteiger partial charge in [-0.25, -0.2) is 4.39 Å². The molecule has 0 bridgehead atoms. The van der Waals surface area contributed by atoms with Crippen LogP contribution in [-0.2, 0) is 6.54 Å². The zero-order valence-corrected chi connectivity index (χ0v) is 16.8. The Hall–Kier alpha value is -2.50. The molecular weight excluding hydrogens is 379 g/mol. The van der Waals surface area contributed by atoms with Gasteiger partial charge in [0, 0.05) is 24.5 Å². The van der Waals surface area contributed by atoms with Crippen molar-refractivity contribution >= 4 is 12.4 Å². The summed E-state index contributed by atoms with van der Waals surface area (Å²) in [6, 6.07) is 14.8. The van der Waals surface area contributed by atoms with Crippen LogP contribution in [-0.4, -0.2) is 17.8 Å². The highest BCUT2D eigenvalue weighted by Crippen LogP contribution is 2.37. The second kappa shape index (κ2) is 8.67. The van der Waals surface area contributed by atoms with Crippen LogP contribution in [0.2, 0.25) is 0 Å². The van der Waals surface area contributed by atoms with E-state index < -0.39 is 0 Å². The van der Waals surface area contributed by atoms with Crippen LogP contribution in [0.25, 0.3) is 5.69 Å². The van der Waals surface area contributed by atoms with Gasteiger partial charge in [0.25, 0.3) is 0 Å². The highest BCUT2D eigenvalue weighted by Gasteiger charge is 2.24. The highest BCUT2D eigenvalue weighted by atomic mass is 35.5. The second-order valence-electron chi connectivity index (χ2n) is 6.46. The van der Waals surface area contributed by atoms with Gasteiger partial charge in [-0.1, -0.05) is 12.1 Å². The van der Waals surface area contributed by atoms with E-state index in [0.717, 1.165) is 34.0 Å². The normalized spacial score (nSPS) is 15.0. The molecule has 1 aliphatic heterocycles. The average Bonchev–Trinajstić information content (AvgIpc) is 3.09. The van der Waals surface area contributed by atoms with Gasteiger partial charge in [0.05, 0.1) is 24.9 Å². The summed E-state index contributed by atoms with van der Waals surface area (Å²) in [7, 11) is 0. The van der Waals surface area contributed by atoms with Crippen molar-refractivity contribution in [3.05, 3.63) is 77.4 Å². The van der Waals surface area contributed by atoms with Gasteiger partial charge in [-0.3, -0.25) is 0 Å². The number of hydrogen-bond donors (Lipinski definition) is 1. The standard InChI is InChI=1S/C22H23FN2O2.ClH/c1-3-26-20-12-16-14-24-22(15-7-9-17(23)10-8-15)18-6-5-11-25(18)19(16)13-21(20)27-4-2;/h5-13,22,24H,3-4,14H2,1-2H3;1H. The Balaban J connectivity index is 0.00000225. The summed E-state index contributed by atoms with van der Waals surface area (Å²) in [4.78, 5) is 0. The molecule has 3 aromatic rings. The topological polar surface area (TPSA) is 35.4 Å². The van der Waals surface area contributed by atoms with Gasteiger partial charge in [0.1, 0.15) is 5.82 Å². The maximum Gasteiger partial charge on any atom is 0.163 e. The maximum absolute atomic E-state index is 13.4. The SMILES string of the molecule is CCOc1cc2c(cc1OCC)-n1cccc1C(c1ccc(F)cc1)NC2.Cl. The molecule has 4 nitrogen and oxygen atoms in total. The summed E-state index contributed by atoms with van der Waals surface area (Å²) in [5.41, 5.74) is 4.33. The summed E-state index contributed by atoms with van der Waals surface area (Å²) in [6.45, 7) is 5.77. The Morgan fingerprint density at radius 2 is 1.71 bits per heavy atom. The maximum atomic E-state index is 13.4. The fourth-order valence-corrected chi connectivity index (χ4v) is 3.60. The van der Waals surface area contributed by atoms with E-state index >= 15 is 0 Å². The molecule has 1 aliphatic rings. The molecule has 0 radical (unpaired) electrons. The number of nitrogens with zero attached hydrogens (tertiary/aromatic N) is 1. The van der Waals surface area contributed by atoms with Gasteiger partial charge in [-0.2, -0.15) is 0 Å². The summed E-state index contributed by atoms with van der Waals surface area (Å²) in [5.74, 6) is 1.28. The molecule has 28 heavy (non-hydrogen) atoms. The molecule has 1 N–H and O–H groups in total. The first-order valence-corrected chi connectivity index (χ1v) is 9.30. The van der Waals surface area contributed by atoms with Gasteiger partial charge in [-0.05, 0) is 55.3 Å². The van der Waals surface area contributed by atoms with E-state index in [2.05, 4.69) is 16.0 Å². The van der Waals surface area contributed by atoms with Crippen LogP contribution >= 0.6 is 12.4 Å². The lowest BCUT2D eigenvalue weighted by Gasteiger charge is -2.18. The Morgan fingerprint density at radius 1 is 1.04 bits per heavy atom. The molecule has 0 spiro atoms. The summed E-state index contributed by atoms with van der Waals surface area (Å²) >= 11 is 0. The van der Waals surface area contributed by atoms with E-state index in [1.807, 2.05) is 50.4 Å². The van der Waals surface area contributed by atoms with Crippen LogP contribution in [0.4, 0.5) is 4.39 Å². The monoisotopic (exact) mass is 402 g/mol. The highest BCUT2D eigenvalue weighted by molar-refractivity contribution is 5.85. The van der Waals surface area contributed by atoms with Gasteiger partial charge in [0.15, 0.2) is 11.5 Å². The van der Waals surface area contributed by atoms with Crippen molar-refractivity contribution in [2.75, 3.05) is 13.2 Å². The molecule has 0 saturated carbocycles. The molecule has 1 aromatic heterocycles. The van der Waals surface area contributed by atoms with Crippen molar-refractivity contribution in [2.45, 2.75) is 26.4 Å². The van der Waals surface area contributed by atoms with E-state index in [1.54, 1.807) is 0 Å². The number of nitrogens with one attached hydrogen (secondary N) is 1. The number of benzene rings is 2. The van der Waals surface area contributed by atoms with Gasteiger partial charge in [0.2, 0.25) is 0 Å². The quantitative estimate of drug-likeness (QED) is 0.650. The summed E-state index contributed by atoms with van der Waals surface area (Å²) in [5, 5.41) is 3.60. The number of halogens is 2. The van der Waals surface area contributed by atoms with Crippen molar-refractivity contribution < 1.29 is 13.9 Å². The van der Waals surface area contributed by atoms with Crippen molar-refractivity contribution in [1.29, 1.82) is 0 Å². The molecule has 2 heterocycles. The summed E-state index contributed by atoms with van der Waals surface area (Å²) in [6.07, 6.45) is 2.05. The first-order chi connectivity index (χ1) is 13.2. The van der Waals surface area contributed by atoms with Crippen LogP contribution < -0.4 is 14.8 Å². The number of fused-ring (bicyclic) bond motifs is 3. The van der Waals surface area contributed by atoms with Crippen molar-refractivity contribution in [3.8, 4) is 17.2 Å². The lowest BCUT2D eigenvalue weighted by Crippen LogP contribution is -2.21. The predicted molar refractivity (Wildman–Crippen MR) is 110 cm³/mol. The van der Waals surface area contributed by atoms with Crippen LogP contribution in [0.15, 0.2) is 54.7 Å². The zero-order chi connectivity index (χ0) is 18.8. The Labute approximate surface area is 170 Å². The third kappa shape index (κ3) is 3.73. The van der Waals surface area contributed by atoms with Gasteiger partial charge >= 0.3 is 0 Å². The van der Waals surface area contributed by atoms with E-state index in [0.29, 0.717) is 19.8 Å². The van der Waals surface area contributed by atoms with Crippen LogP contribution in [0.3, 0.4) is 0 Å². The second-order valence-corrected chi connectivity index (χ2v) is 6.46. The van der Waals surface area contributed by atoms with Crippen LogP contribution in [0.5, 0.6) is 11.5 Å². The lowest BCUT2D eigenvalue weighted by atomic mass is 10.0. The van der Waals surface area contributed by atoms with Crippen molar-refractivity contribution in [3.63, 3.8) is 0 Å². The Kier molecular flexibility index (Phi) is 6.27. The molecule has 0 saturated heterocycles. The van der Waals surface area contributed by atoms with Crippen LogP contribution in [0, 0.1) is 5.82 Å². The number of hydrogen-bond acceptors (Lipinski definition) is 3. The lowest BCUT2D eigenvalue weighted by molar-refractivity contribution is 0.287. The van der Waals surface area contributed by atoms with Gasteiger partial charge < -0.3 is 19.4 Å². The fraction of sp³-hybridized carbons (Fsp3) is 0.273. The summed E-state index contributed by atoms with van der Waals surface area (Å²) < 4.78 is 27.1. The molecule has 0 amide bonds. The Morgan fingerprint density at radius 3 is 2.39 bits per heavy atom. The van der Waals surface area contributed by atoms with Crippen molar-refractivity contribution in [1.82, 2.24) is 9.88 Å². The molecule has 148 valence electrons. The molecule has 6 heteroatoms. The van der Waals surface area contributed by atoms with E-state index in [1.165, 1.54) is 12.1 Å². The smallest absolute Gasteiger partial charge is 0.163 e. The third-order valence-electron chi connectivity index (χ3n) is 4.78. The van der Waals surface area contributed by atoms with E-state index in [4.69, 9.17) is 9.47 Å². The number of aromatic nitrogens is 1. The largest absolute Gasteiger partial charge is 0.490 e. The Bertz CT molecular complexity index is 940. The molecule has 1 atom stereocenters. The fourth-order valence-electron chi connectivity index (χ4n) is 3.60. The van der Waals surface area contributed by atoms with E-state index in [-0.39, 0.29) is 24.3 Å². The number of rotatable bonds is 5. The first-order valence-electron chi connectivity index (χ1n) is 9.30. The minimum atomic E-state index is -0.228. The van der Waals surface area contributed by atoms with Crippen LogP contribution in [0.1, 0.15) is 36.7 Å². The molecule has 0 fully saturated rings. The third-order valence-corrected chi connectivity index (χ3v) is 4.78. The average molecular weight is 403 g/mol. The minimum Gasteiger partial charge on any atom is -0.490 e. The van der Waals surface area contributed by atoms with E-state index in [9.17, 15) is 4.39 Å². The number of ether oxygens (including phenoxy) is 2. The first kappa shape index (κ1) is 20.2. The molecule has 0 aliphatic carbocycles. The predicted octanol–water partition coefficient (Wildman–Crippen LogP) is 5.03. The molecule has 4 rings (SSSR count). The van der Waals surface area contributed by atoms with Gasteiger partial charge in [-0.15, -0.1) is 12.4 Å². The molecule has 2 aromatic carbocycles. The zero-order valence-electron chi connectivity index (χ0n) is 15.9.